The molecule has 0 radical (unpaired) electrons. The maximum atomic E-state index is 11.9. The summed E-state index contributed by atoms with van der Waals surface area (Å²) in [5.41, 5.74) is 0. The highest BCUT2D eigenvalue weighted by Crippen LogP contribution is 2.43. The number of fused-ring (bicyclic) bond motifs is 1. The fourth-order valence-electron chi connectivity index (χ4n) is 3.31. The first kappa shape index (κ1) is 12.9. The summed E-state index contributed by atoms with van der Waals surface area (Å²) in [5.74, 6) is 2.21. The summed E-state index contributed by atoms with van der Waals surface area (Å²) in [7, 11) is 0. The largest absolute Gasteiger partial charge is 0.462 e. The Hall–Kier alpha value is -0.530. The fourth-order valence-corrected chi connectivity index (χ4v) is 3.31. The van der Waals surface area contributed by atoms with Crippen molar-refractivity contribution < 1.29 is 9.53 Å². The molecular weight excluding hydrogens is 212 g/mol. The van der Waals surface area contributed by atoms with E-state index in [0.29, 0.717) is 5.92 Å². The normalized spacial score (nSPS) is 34.5. The lowest BCUT2D eigenvalue weighted by atomic mass is 9.80. The van der Waals surface area contributed by atoms with Crippen LogP contribution in [-0.4, -0.2) is 12.1 Å². The van der Waals surface area contributed by atoms with E-state index in [-0.39, 0.29) is 18.0 Å². The third-order valence-electron chi connectivity index (χ3n) is 4.90. The number of carbonyl (C=O) groups is 1. The quantitative estimate of drug-likeness (QED) is 0.699. The summed E-state index contributed by atoms with van der Waals surface area (Å²) in [6.07, 6.45) is 7.87. The molecule has 17 heavy (non-hydrogen) atoms. The first-order chi connectivity index (χ1) is 8.08. The van der Waals surface area contributed by atoms with Gasteiger partial charge in [-0.1, -0.05) is 40.0 Å². The number of rotatable bonds is 3. The Morgan fingerprint density at radius 1 is 1.06 bits per heavy atom. The van der Waals surface area contributed by atoms with Crippen LogP contribution in [0.15, 0.2) is 0 Å². The van der Waals surface area contributed by atoms with Crippen molar-refractivity contribution in [2.75, 3.05) is 0 Å². The van der Waals surface area contributed by atoms with Crippen LogP contribution in [0.3, 0.4) is 0 Å². The monoisotopic (exact) mass is 238 g/mol. The van der Waals surface area contributed by atoms with Gasteiger partial charge in [-0.25, -0.2) is 0 Å². The van der Waals surface area contributed by atoms with Crippen LogP contribution in [0, 0.1) is 23.7 Å². The van der Waals surface area contributed by atoms with E-state index < -0.39 is 0 Å². The smallest absolute Gasteiger partial charge is 0.309 e. The van der Waals surface area contributed by atoms with Gasteiger partial charge in [0.1, 0.15) is 6.10 Å². The first-order valence-electron chi connectivity index (χ1n) is 7.28. The Balaban J connectivity index is 1.82. The third-order valence-corrected chi connectivity index (χ3v) is 4.90. The fraction of sp³-hybridized carbons (Fsp3) is 0.933. The maximum Gasteiger partial charge on any atom is 0.309 e. The summed E-state index contributed by atoms with van der Waals surface area (Å²) < 4.78 is 5.68. The van der Waals surface area contributed by atoms with Gasteiger partial charge in [-0.15, -0.1) is 0 Å². The lowest BCUT2D eigenvalue weighted by Gasteiger charge is -2.32. The summed E-state index contributed by atoms with van der Waals surface area (Å²) in [6.45, 7) is 6.15. The molecule has 2 nitrogen and oxygen atoms in total. The highest BCUT2D eigenvalue weighted by atomic mass is 16.5. The van der Waals surface area contributed by atoms with Crippen LogP contribution >= 0.6 is 0 Å². The Kier molecular flexibility index (Phi) is 4.11. The maximum absolute atomic E-state index is 11.9. The van der Waals surface area contributed by atoms with Gasteiger partial charge in [-0.2, -0.15) is 0 Å². The zero-order valence-electron chi connectivity index (χ0n) is 11.4. The Morgan fingerprint density at radius 3 is 2.47 bits per heavy atom. The molecule has 0 amide bonds. The molecule has 0 aromatic rings. The summed E-state index contributed by atoms with van der Waals surface area (Å²) in [6, 6.07) is 0. The van der Waals surface area contributed by atoms with Crippen molar-refractivity contribution in [3.05, 3.63) is 0 Å². The van der Waals surface area contributed by atoms with Crippen molar-refractivity contribution in [3.8, 4) is 0 Å². The van der Waals surface area contributed by atoms with Gasteiger partial charge in [0.15, 0.2) is 0 Å². The second kappa shape index (κ2) is 5.41. The highest BCUT2D eigenvalue weighted by molar-refractivity contribution is 5.72. The molecule has 4 atom stereocenters. The van der Waals surface area contributed by atoms with E-state index in [4.69, 9.17) is 4.74 Å². The van der Waals surface area contributed by atoms with Crippen LogP contribution in [-0.2, 0) is 9.53 Å². The number of ether oxygens (including phenoxy) is 1. The molecule has 2 fully saturated rings. The number of carbonyl (C=O) groups excluding carboxylic acids is 1. The van der Waals surface area contributed by atoms with Crippen molar-refractivity contribution >= 4 is 5.97 Å². The van der Waals surface area contributed by atoms with Crippen LogP contribution in [0.1, 0.15) is 59.3 Å². The van der Waals surface area contributed by atoms with E-state index in [9.17, 15) is 4.79 Å². The zero-order chi connectivity index (χ0) is 12.4. The van der Waals surface area contributed by atoms with Crippen molar-refractivity contribution in [2.45, 2.75) is 65.4 Å². The zero-order valence-corrected chi connectivity index (χ0v) is 11.4. The van der Waals surface area contributed by atoms with Gasteiger partial charge < -0.3 is 4.74 Å². The second-order valence-corrected chi connectivity index (χ2v) is 6.36. The van der Waals surface area contributed by atoms with E-state index in [1.54, 1.807) is 0 Å². The summed E-state index contributed by atoms with van der Waals surface area (Å²) in [5, 5.41) is 0. The molecule has 2 heteroatoms. The van der Waals surface area contributed by atoms with Crippen molar-refractivity contribution in [3.63, 3.8) is 0 Å². The van der Waals surface area contributed by atoms with Crippen LogP contribution < -0.4 is 0 Å². The molecular formula is C15H26O2. The second-order valence-electron chi connectivity index (χ2n) is 6.36. The van der Waals surface area contributed by atoms with Gasteiger partial charge in [0.25, 0.3) is 0 Å². The molecule has 2 aliphatic rings. The van der Waals surface area contributed by atoms with Crippen LogP contribution in [0.4, 0.5) is 0 Å². The molecule has 0 N–H and O–H groups in total. The minimum Gasteiger partial charge on any atom is -0.462 e. The molecule has 0 aliphatic heterocycles. The summed E-state index contributed by atoms with van der Waals surface area (Å²) >= 11 is 0. The molecule has 4 unspecified atom stereocenters. The molecule has 0 spiro atoms. The Labute approximate surface area is 105 Å². The van der Waals surface area contributed by atoms with Gasteiger partial charge in [0.2, 0.25) is 0 Å². The van der Waals surface area contributed by atoms with Crippen LogP contribution in [0.2, 0.25) is 0 Å². The van der Waals surface area contributed by atoms with E-state index in [1.807, 2.05) is 6.92 Å². The minimum absolute atomic E-state index is 0.0152. The van der Waals surface area contributed by atoms with Crippen LogP contribution in [0.5, 0.6) is 0 Å². The summed E-state index contributed by atoms with van der Waals surface area (Å²) in [4.78, 5) is 11.9. The van der Waals surface area contributed by atoms with Crippen molar-refractivity contribution in [2.24, 2.45) is 23.7 Å². The topological polar surface area (TPSA) is 26.3 Å². The van der Waals surface area contributed by atoms with E-state index in [0.717, 1.165) is 24.7 Å². The molecule has 0 bridgehead atoms. The van der Waals surface area contributed by atoms with Gasteiger partial charge in [0, 0.05) is 0 Å². The van der Waals surface area contributed by atoms with Crippen molar-refractivity contribution in [1.82, 2.24) is 0 Å². The third kappa shape index (κ3) is 3.02. The molecule has 2 saturated carbocycles. The first-order valence-corrected chi connectivity index (χ1v) is 7.28. The van der Waals surface area contributed by atoms with E-state index >= 15 is 0 Å². The molecule has 2 aliphatic carbocycles. The number of hydrogen-bond donors (Lipinski definition) is 0. The minimum atomic E-state index is 0.0152. The molecule has 0 aromatic carbocycles. The standard InChI is InChI=1S/C15H26O2/c1-10(2)11(3)15(16)17-14-8-7-12-5-4-6-13(12)9-14/h10-14H,4-9H2,1-3H3. The van der Waals surface area contributed by atoms with Crippen LogP contribution in [0.25, 0.3) is 0 Å². The lowest BCUT2D eigenvalue weighted by Crippen LogP contribution is -2.31. The Morgan fingerprint density at radius 2 is 1.76 bits per heavy atom. The molecule has 98 valence electrons. The highest BCUT2D eigenvalue weighted by Gasteiger charge is 2.35. The van der Waals surface area contributed by atoms with Gasteiger partial charge >= 0.3 is 5.97 Å². The van der Waals surface area contributed by atoms with E-state index in [2.05, 4.69) is 13.8 Å². The average Bonchev–Trinajstić information content (AvgIpc) is 2.74. The number of hydrogen-bond acceptors (Lipinski definition) is 2. The molecule has 0 saturated heterocycles. The predicted molar refractivity (Wildman–Crippen MR) is 68.6 cm³/mol. The average molecular weight is 238 g/mol. The van der Waals surface area contributed by atoms with E-state index in [1.165, 1.54) is 25.7 Å². The molecule has 0 aromatic heterocycles. The molecule has 0 heterocycles. The Bertz CT molecular complexity index is 272. The SMILES string of the molecule is CC(C)C(C)C(=O)OC1CCC2CCCC2C1. The van der Waals surface area contributed by atoms with Gasteiger partial charge in [0.05, 0.1) is 5.92 Å². The predicted octanol–water partition coefficient (Wildman–Crippen LogP) is 3.79. The van der Waals surface area contributed by atoms with Gasteiger partial charge in [-0.3, -0.25) is 4.79 Å². The lowest BCUT2D eigenvalue weighted by molar-refractivity contribution is -0.157. The number of esters is 1. The molecule has 2 rings (SSSR count). The van der Waals surface area contributed by atoms with Crippen molar-refractivity contribution in [1.29, 1.82) is 0 Å². The van der Waals surface area contributed by atoms with Gasteiger partial charge in [-0.05, 0) is 37.0 Å².